The van der Waals surface area contributed by atoms with Crippen molar-refractivity contribution in [3.05, 3.63) is 22.5 Å². The van der Waals surface area contributed by atoms with Crippen molar-refractivity contribution >= 4 is 21.5 Å². The summed E-state index contributed by atoms with van der Waals surface area (Å²) in [6, 6.07) is 0. The number of rotatable bonds is 6. The monoisotopic (exact) mass is 417 g/mol. The predicted molar refractivity (Wildman–Crippen MR) is 76.5 cm³/mol. The number of phosphoric ester groups is 1. The van der Waals surface area contributed by atoms with Gasteiger partial charge in [-0.05, 0) is 6.92 Å². The van der Waals surface area contributed by atoms with Crippen molar-refractivity contribution in [3.63, 3.8) is 0 Å². The Kier molecular flexibility index (Phi) is 5.74. The van der Waals surface area contributed by atoms with E-state index in [-0.39, 0.29) is 6.42 Å². The second-order valence-electron chi connectivity index (χ2n) is 5.57. The summed E-state index contributed by atoms with van der Waals surface area (Å²) in [5.74, 6) is -1.65. The molecule has 1 aliphatic heterocycles. The highest BCUT2D eigenvalue weighted by Gasteiger charge is 2.46. The molecule has 148 valence electrons. The molecule has 4 N–H and O–H groups in total. The van der Waals surface area contributed by atoms with Gasteiger partial charge in [-0.3, -0.25) is 13.7 Å². The maximum Gasteiger partial charge on any atom is 0.351 e. The van der Waals surface area contributed by atoms with Crippen molar-refractivity contribution in [2.75, 3.05) is 12.3 Å². The van der Waals surface area contributed by atoms with Gasteiger partial charge < -0.3 is 34.8 Å². The summed E-state index contributed by atoms with van der Waals surface area (Å²) in [4.78, 5) is 45.2. The van der Waals surface area contributed by atoms with E-state index in [1.807, 2.05) is 0 Å². The summed E-state index contributed by atoms with van der Waals surface area (Å²) in [5, 5.41) is 10.1. The SMILES string of the molecule is C[C@]1(COP(=O)([O-])OP(=O)([O-])O)O[C@@H](n2cc(F)c(N)nc2=O)C[C@@H]1O. The molecule has 0 aromatic carbocycles. The first-order chi connectivity index (χ1) is 11.7. The number of ether oxygens (including phenoxy) is 1. The first-order valence-electron chi connectivity index (χ1n) is 6.83. The Hall–Kier alpha value is -1.21. The lowest BCUT2D eigenvalue weighted by Crippen LogP contribution is -2.41. The van der Waals surface area contributed by atoms with Crippen LogP contribution in [0.4, 0.5) is 10.2 Å². The molecule has 0 spiro atoms. The van der Waals surface area contributed by atoms with Gasteiger partial charge in [0, 0.05) is 6.42 Å². The third-order valence-corrected chi connectivity index (χ3v) is 5.56. The van der Waals surface area contributed by atoms with Gasteiger partial charge in [0.2, 0.25) is 0 Å². The van der Waals surface area contributed by atoms with Gasteiger partial charge in [-0.25, -0.2) is 13.5 Å². The normalized spacial score (nSPS) is 30.7. The minimum absolute atomic E-state index is 0.269. The van der Waals surface area contributed by atoms with Crippen LogP contribution in [0, 0.1) is 5.82 Å². The zero-order valence-electron chi connectivity index (χ0n) is 13.1. The standard InChI is InChI=1S/C10H16FN3O10P2/c1-10(4-22-26(20,21)24-25(17,18)19)6(15)2-7(23-10)14-3-5(11)8(12)13-9(14)16/h3,6-7,15H,2,4H2,1H3,(H,20,21)(H2,12,13,16)(H2,17,18,19)/p-2/t6-,7+,10+/m0/s1. The fraction of sp³-hybridized carbons (Fsp3) is 0.600. The van der Waals surface area contributed by atoms with Gasteiger partial charge in [-0.15, -0.1) is 0 Å². The molecule has 26 heavy (non-hydrogen) atoms. The topological polar surface area (TPSA) is 209 Å². The molecule has 0 amide bonds. The Bertz CT molecular complexity index is 843. The molecule has 1 aromatic rings. The number of hydrogen-bond acceptors (Lipinski definition) is 11. The quantitative estimate of drug-likeness (QED) is 0.428. The summed E-state index contributed by atoms with van der Waals surface area (Å²) < 4.78 is 49.0. The van der Waals surface area contributed by atoms with Crippen LogP contribution in [-0.4, -0.2) is 37.9 Å². The molecule has 1 aliphatic rings. The summed E-state index contributed by atoms with van der Waals surface area (Å²) in [7, 11) is -11.1. The largest absolute Gasteiger partial charge is 0.756 e. The van der Waals surface area contributed by atoms with E-state index in [9.17, 15) is 33.2 Å². The maximum atomic E-state index is 13.5. The number of nitrogen functional groups attached to an aromatic ring is 1. The molecule has 0 saturated carbocycles. The van der Waals surface area contributed by atoms with Crippen LogP contribution in [0.15, 0.2) is 11.0 Å². The summed E-state index contributed by atoms with van der Waals surface area (Å²) in [6.45, 7) is 0.268. The highest BCUT2D eigenvalue weighted by atomic mass is 31.3. The number of hydrogen-bond donors (Lipinski definition) is 3. The van der Waals surface area contributed by atoms with E-state index < -0.39 is 57.5 Å². The molecule has 1 aromatic heterocycles. The Morgan fingerprint density at radius 2 is 2.19 bits per heavy atom. The van der Waals surface area contributed by atoms with E-state index in [0.29, 0.717) is 10.8 Å². The molecule has 0 radical (unpaired) electrons. The van der Waals surface area contributed by atoms with Crippen molar-refractivity contribution < 1.29 is 46.9 Å². The summed E-state index contributed by atoms with van der Waals surface area (Å²) in [5.41, 5.74) is 2.44. The number of nitrogens with zero attached hydrogens (tertiary/aromatic N) is 2. The molecule has 16 heteroatoms. The molecular formula is C10H14FN3O10P2-2. The Morgan fingerprint density at radius 3 is 2.77 bits per heavy atom. The molecule has 0 bridgehead atoms. The minimum Gasteiger partial charge on any atom is -0.756 e. The average Bonchev–Trinajstić information content (AvgIpc) is 2.75. The highest BCUT2D eigenvalue weighted by Crippen LogP contribution is 2.53. The second-order valence-corrected chi connectivity index (χ2v) is 8.31. The van der Waals surface area contributed by atoms with Gasteiger partial charge in [0.05, 0.1) is 18.9 Å². The van der Waals surface area contributed by atoms with Crippen LogP contribution in [0.3, 0.4) is 0 Å². The smallest absolute Gasteiger partial charge is 0.351 e. The molecular weight excluding hydrogens is 403 g/mol. The Labute approximate surface area is 145 Å². The molecule has 2 rings (SSSR count). The van der Waals surface area contributed by atoms with Crippen LogP contribution in [0.2, 0.25) is 0 Å². The number of aliphatic hydroxyl groups is 1. The molecule has 13 nitrogen and oxygen atoms in total. The van der Waals surface area contributed by atoms with E-state index in [0.717, 1.165) is 0 Å². The Morgan fingerprint density at radius 1 is 1.58 bits per heavy atom. The molecule has 1 saturated heterocycles. The number of aromatic nitrogens is 2. The first-order valence-corrected chi connectivity index (χ1v) is 9.79. The number of aliphatic hydroxyl groups excluding tert-OH is 1. The molecule has 2 heterocycles. The van der Waals surface area contributed by atoms with Gasteiger partial charge in [0.25, 0.3) is 15.6 Å². The summed E-state index contributed by atoms with van der Waals surface area (Å²) >= 11 is 0. The van der Waals surface area contributed by atoms with Crippen molar-refractivity contribution in [2.45, 2.75) is 31.3 Å². The zero-order chi connectivity index (χ0) is 19.9. The number of nitrogens with two attached hydrogens (primary N) is 1. The highest BCUT2D eigenvalue weighted by molar-refractivity contribution is 7.59. The van der Waals surface area contributed by atoms with Crippen LogP contribution < -0.4 is 21.2 Å². The van der Waals surface area contributed by atoms with Gasteiger partial charge in [-0.2, -0.15) is 4.98 Å². The molecule has 1 fully saturated rings. The predicted octanol–water partition coefficient (Wildman–Crippen LogP) is -2.03. The van der Waals surface area contributed by atoms with Crippen LogP contribution in [0.25, 0.3) is 0 Å². The Balaban J connectivity index is 2.14. The maximum absolute atomic E-state index is 13.5. The van der Waals surface area contributed by atoms with Crippen LogP contribution in [-0.2, 0) is 22.7 Å². The first kappa shape index (κ1) is 21.1. The summed E-state index contributed by atoms with van der Waals surface area (Å²) in [6.07, 6.45) is -2.19. The number of phosphoric acid groups is 2. The molecule has 2 unspecified atom stereocenters. The lowest BCUT2D eigenvalue weighted by atomic mass is 10.0. The van der Waals surface area contributed by atoms with E-state index in [1.165, 1.54) is 6.92 Å². The minimum atomic E-state index is -5.62. The lowest BCUT2D eigenvalue weighted by Gasteiger charge is -2.32. The third-order valence-electron chi connectivity index (χ3n) is 3.49. The van der Waals surface area contributed by atoms with Gasteiger partial charge in [-0.1, -0.05) is 0 Å². The van der Waals surface area contributed by atoms with Gasteiger partial charge in [0.15, 0.2) is 11.6 Å². The van der Waals surface area contributed by atoms with Crippen molar-refractivity contribution in [3.8, 4) is 0 Å². The number of anilines is 1. The average molecular weight is 417 g/mol. The van der Waals surface area contributed by atoms with Gasteiger partial charge in [0.1, 0.15) is 11.8 Å². The molecule has 5 atom stereocenters. The van der Waals surface area contributed by atoms with Crippen molar-refractivity contribution in [1.29, 1.82) is 0 Å². The van der Waals surface area contributed by atoms with Crippen LogP contribution >= 0.6 is 15.6 Å². The van der Waals surface area contributed by atoms with Crippen LogP contribution in [0.5, 0.6) is 0 Å². The lowest BCUT2D eigenvalue weighted by molar-refractivity contribution is -0.244. The zero-order valence-corrected chi connectivity index (χ0v) is 14.8. The van der Waals surface area contributed by atoms with Crippen molar-refractivity contribution in [1.82, 2.24) is 9.55 Å². The van der Waals surface area contributed by atoms with E-state index in [1.54, 1.807) is 0 Å². The second kappa shape index (κ2) is 7.08. The fourth-order valence-corrected chi connectivity index (χ4v) is 3.81. The third kappa shape index (κ3) is 4.94. The van der Waals surface area contributed by atoms with Gasteiger partial charge >= 0.3 is 5.69 Å². The fourth-order valence-electron chi connectivity index (χ4n) is 2.20. The molecule has 0 aliphatic carbocycles. The van der Waals surface area contributed by atoms with Crippen LogP contribution in [0.1, 0.15) is 19.6 Å². The van der Waals surface area contributed by atoms with E-state index in [4.69, 9.17) is 15.4 Å². The van der Waals surface area contributed by atoms with E-state index >= 15 is 0 Å². The number of halogens is 1. The van der Waals surface area contributed by atoms with E-state index in [2.05, 4.69) is 13.8 Å². The van der Waals surface area contributed by atoms with Crippen molar-refractivity contribution in [2.24, 2.45) is 0 Å².